The number of benzene rings is 1. The third-order valence-electron chi connectivity index (χ3n) is 4.77. The van der Waals surface area contributed by atoms with Crippen LogP contribution in [0.5, 0.6) is 0 Å². The summed E-state index contributed by atoms with van der Waals surface area (Å²) >= 11 is 0. The van der Waals surface area contributed by atoms with E-state index in [4.69, 9.17) is 4.74 Å². The van der Waals surface area contributed by atoms with Gasteiger partial charge in [-0.05, 0) is 32.0 Å². The Morgan fingerprint density at radius 3 is 2.40 bits per heavy atom. The number of nitrogens with one attached hydrogen (secondary N) is 1. The minimum atomic E-state index is -1.14. The predicted octanol–water partition coefficient (Wildman–Crippen LogP) is 2.62. The number of nitrogens with zero attached hydrogens (tertiary/aromatic N) is 3. The summed E-state index contributed by atoms with van der Waals surface area (Å²) in [5.74, 6) is -1.18. The molecule has 2 amide bonds. The number of hydrogen-bond acceptors (Lipinski definition) is 6. The van der Waals surface area contributed by atoms with Gasteiger partial charge in [-0.1, -0.05) is 17.7 Å². The Morgan fingerprint density at radius 2 is 1.80 bits per heavy atom. The van der Waals surface area contributed by atoms with Gasteiger partial charge in [0, 0.05) is 31.7 Å². The van der Waals surface area contributed by atoms with Crippen LogP contribution in [-0.4, -0.2) is 65.7 Å². The number of ether oxygens (including phenoxy) is 1. The zero-order valence-corrected chi connectivity index (χ0v) is 16.9. The van der Waals surface area contributed by atoms with E-state index in [1.807, 2.05) is 24.0 Å². The molecule has 9 nitrogen and oxygen atoms in total. The van der Waals surface area contributed by atoms with E-state index in [-0.39, 0.29) is 17.6 Å². The molecule has 1 aliphatic rings. The summed E-state index contributed by atoms with van der Waals surface area (Å²) in [7, 11) is 0. The number of piperazine rings is 1. The van der Waals surface area contributed by atoms with E-state index in [1.54, 1.807) is 24.0 Å². The topological polar surface area (TPSA) is 112 Å². The molecule has 2 aromatic rings. The number of carboxylic acid groups (broad SMARTS) is 1. The summed E-state index contributed by atoms with van der Waals surface area (Å²) in [6, 6.07) is 8.46. The smallest absolute Gasteiger partial charge is 0.409 e. The number of hydrogen-bond donors (Lipinski definition) is 2. The van der Waals surface area contributed by atoms with E-state index in [1.165, 1.54) is 12.3 Å². The van der Waals surface area contributed by atoms with Gasteiger partial charge in [-0.15, -0.1) is 0 Å². The van der Waals surface area contributed by atoms with E-state index in [0.717, 1.165) is 5.56 Å². The van der Waals surface area contributed by atoms with Crippen LogP contribution in [0.15, 0.2) is 36.5 Å². The normalized spacial score (nSPS) is 13.7. The van der Waals surface area contributed by atoms with Crippen molar-refractivity contribution >= 4 is 29.5 Å². The van der Waals surface area contributed by atoms with E-state index in [9.17, 15) is 19.5 Å². The maximum atomic E-state index is 12.4. The number of amides is 2. The second-order valence-corrected chi connectivity index (χ2v) is 6.89. The second-order valence-electron chi connectivity index (χ2n) is 6.89. The number of carbonyl (C=O) groups is 3. The zero-order chi connectivity index (χ0) is 21.7. The number of aromatic nitrogens is 1. The van der Waals surface area contributed by atoms with Gasteiger partial charge in [0.05, 0.1) is 18.5 Å². The Hall–Kier alpha value is -3.62. The van der Waals surface area contributed by atoms with E-state index in [0.29, 0.717) is 49.9 Å². The van der Waals surface area contributed by atoms with Gasteiger partial charge < -0.3 is 25.0 Å². The lowest BCUT2D eigenvalue weighted by Gasteiger charge is -2.35. The molecule has 9 heteroatoms. The van der Waals surface area contributed by atoms with Crippen LogP contribution in [-0.2, 0) is 4.74 Å². The second kappa shape index (κ2) is 9.25. The molecule has 2 N–H and O–H groups in total. The van der Waals surface area contributed by atoms with E-state index < -0.39 is 5.97 Å². The Bertz CT molecular complexity index is 937. The third-order valence-corrected chi connectivity index (χ3v) is 4.77. The lowest BCUT2D eigenvalue weighted by atomic mass is 10.1. The van der Waals surface area contributed by atoms with Gasteiger partial charge in [-0.3, -0.25) is 4.79 Å². The molecular formula is C21H24N4O5. The Labute approximate surface area is 174 Å². The predicted molar refractivity (Wildman–Crippen MR) is 111 cm³/mol. The van der Waals surface area contributed by atoms with E-state index >= 15 is 0 Å². The highest BCUT2D eigenvalue weighted by atomic mass is 16.6. The first-order chi connectivity index (χ1) is 14.4. The van der Waals surface area contributed by atoms with Crippen molar-refractivity contribution < 1.29 is 24.2 Å². The van der Waals surface area contributed by atoms with E-state index in [2.05, 4.69) is 10.3 Å². The first-order valence-electron chi connectivity index (χ1n) is 9.67. The summed E-state index contributed by atoms with van der Waals surface area (Å²) in [5.41, 5.74) is 1.79. The zero-order valence-electron chi connectivity index (χ0n) is 16.9. The van der Waals surface area contributed by atoms with Gasteiger partial charge in [0.1, 0.15) is 11.4 Å². The van der Waals surface area contributed by atoms with Crippen LogP contribution in [0.4, 0.5) is 16.3 Å². The SMILES string of the molecule is CCOC(=O)N1CCN(c2ncc(NC(=O)c3ccc(C)cc3)cc2C(=O)O)CC1. The molecule has 0 saturated carbocycles. The molecule has 3 rings (SSSR count). The van der Waals surface area contributed by atoms with Crippen molar-refractivity contribution in [1.29, 1.82) is 0 Å². The van der Waals surface area contributed by atoms with Gasteiger partial charge >= 0.3 is 12.1 Å². The summed E-state index contributed by atoms with van der Waals surface area (Å²) < 4.78 is 5.00. The first-order valence-corrected chi connectivity index (χ1v) is 9.67. The number of carboxylic acids is 1. The van der Waals surface area contributed by atoms with Crippen molar-refractivity contribution in [2.75, 3.05) is 43.0 Å². The van der Waals surface area contributed by atoms with Crippen LogP contribution in [0.3, 0.4) is 0 Å². The highest BCUT2D eigenvalue weighted by Crippen LogP contribution is 2.23. The highest BCUT2D eigenvalue weighted by molar-refractivity contribution is 6.05. The largest absolute Gasteiger partial charge is 0.478 e. The van der Waals surface area contributed by atoms with Crippen LogP contribution in [0, 0.1) is 6.92 Å². The highest BCUT2D eigenvalue weighted by Gasteiger charge is 2.26. The minimum Gasteiger partial charge on any atom is -0.478 e. The van der Waals surface area contributed by atoms with Crippen molar-refractivity contribution in [3.05, 3.63) is 53.2 Å². The van der Waals surface area contributed by atoms with Crippen molar-refractivity contribution in [3.63, 3.8) is 0 Å². The lowest BCUT2D eigenvalue weighted by Crippen LogP contribution is -2.49. The summed E-state index contributed by atoms with van der Waals surface area (Å²) in [4.78, 5) is 43.7. The Kier molecular flexibility index (Phi) is 6.51. The maximum Gasteiger partial charge on any atom is 0.409 e. The molecular weight excluding hydrogens is 388 g/mol. The molecule has 1 aliphatic heterocycles. The molecule has 0 aliphatic carbocycles. The van der Waals surface area contributed by atoms with Crippen molar-refractivity contribution in [2.24, 2.45) is 0 Å². The summed E-state index contributed by atoms with van der Waals surface area (Å²) in [6.07, 6.45) is 1.06. The maximum absolute atomic E-state index is 12.4. The van der Waals surface area contributed by atoms with Gasteiger partial charge in [0.25, 0.3) is 5.91 Å². The fraction of sp³-hybridized carbons (Fsp3) is 0.333. The third kappa shape index (κ3) is 4.86. The van der Waals surface area contributed by atoms with Gasteiger partial charge in [0.2, 0.25) is 0 Å². The van der Waals surface area contributed by atoms with Gasteiger partial charge in [-0.25, -0.2) is 14.6 Å². The number of aryl methyl sites for hydroxylation is 1. The molecule has 1 aromatic heterocycles. The molecule has 158 valence electrons. The molecule has 30 heavy (non-hydrogen) atoms. The Morgan fingerprint density at radius 1 is 1.13 bits per heavy atom. The first kappa shape index (κ1) is 21.1. The lowest BCUT2D eigenvalue weighted by molar-refractivity contribution is 0.0695. The quantitative estimate of drug-likeness (QED) is 0.776. The van der Waals surface area contributed by atoms with Crippen molar-refractivity contribution in [1.82, 2.24) is 9.88 Å². The standard InChI is InChI=1S/C21H24N4O5/c1-3-30-21(29)25-10-8-24(9-11-25)18-17(20(27)28)12-16(13-22-18)23-19(26)15-6-4-14(2)5-7-15/h4-7,12-13H,3,8-11H2,1-2H3,(H,23,26)(H,27,28). The average molecular weight is 412 g/mol. The number of rotatable bonds is 5. The average Bonchev–Trinajstić information content (AvgIpc) is 2.74. The number of aromatic carboxylic acids is 1. The monoisotopic (exact) mass is 412 g/mol. The van der Waals surface area contributed by atoms with Crippen LogP contribution in [0.25, 0.3) is 0 Å². The molecule has 2 heterocycles. The number of carbonyl (C=O) groups excluding carboxylic acids is 2. The van der Waals surface area contributed by atoms with Crippen LogP contribution in [0.2, 0.25) is 0 Å². The minimum absolute atomic E-state index is 0.0127. The molecule has 0 radical (unpaired) electrons. The summed E-state index contributed by atoms with van der Waals surface area (Å²) in [6.45, 7) is 5.66. The fourth-order valence-electron chi connectivity index (χ4n) is 3.16. The molecule has 1 saturated heterocycles. The number of anilines is 2. The summed E-state index contributed by atoms with van der Waals surface area (Å²) in [5, 5.41) is 12.3. The molecule has 0 spiro atoms. The number of pyridine rings is 1. The Balaban J connectivity index is 1.73. The molecule has 1 aromatic carbocycles. The molecule has 0 unspecified atom stereocenters. The van der Waals surface area contributed by atoms with Crippen LogP contribution in [0.1, 0.15) is 33.2 Å². The fourth-order valence-corrected chi connectivity index (χ4v) is 3.16. The van der Waals surface area contributed by atoms with Gasteiger partial charge in [-0.2, -0.15) is 0 Å². The van der Waals surface area contributed by atoms with Crippen molar-refractivity contribution in [2.45, 2.75) is 13.8 Å². The van der Waals surface area contributed by atoms with Crippen molar-refractivity contribution in [3.8, 4) is 0 Å². The van der Waals surface area contributed by atoms with Crippen LogP contribution >= 0.6 is 0 Å². The van der Waals surface area contributed by atoms with Crippen LogP contribution < -0.4 is 10.2 Å². The molecule has 0 atom stereocenters. The molecule has 1 fully saturated rings. The molecule has 0 bridgehead atoms. The van der Waals surface area contributed by atoms with Gasteiger partial charge in [0.15, 0.2) is 0 Å².